The van der Waals surface area contributed by atoms with Gasteiger partial charge in [-0.05, 0) is 13.8 Å². The van der Waals surface area contributed by atoms with E-state index in [0.29, 0.717) is 12.6 Å². The highest BCUT2D eigenvalue weighted by atomic mass is 15.2. The van der Waals surface area contributed by atoms with Crippen LogP contribution in [-0.2, 0) is 0 Å². The SMILES string of the molecule is CC(C)n1ccnc1NCCN. The van der Waals surface area contributed by atoms with Crippen molar-refractivity contribution in [3.05, 3.63) is 12.4 Å². The molecule has 0 unspecified atom stereocenters. The Balaban J connectivity index is 2.64. The number of hydrogen-bond donors (Lipinski definition) is 2. The summed E-state index contributed by atoms with van der Waals surface area (Å²) in [6, 6.07) is 0.438. The highest BCUT2D eigenvalue weighted by Gasteiger charge is 2.03. The maximum absolute atomic E-state index is 5.37. The van der Waals surface area contributed by atoms with Crippen LogP contribution in [-0.4, -0.2) is 22.6 Å². The van der Waals surface area contributed by atoms with E-state index in [9.17, 15) is 0 Å². The van der Waals surface area contributed by atoms with Crippen LogP contribution >= 0.6 is 0 Å². The highest BCUT2D eigenvalue weighted by Crippen LogP contribution is 2.11. The number of hydrogen-bond acceptors (Lipinski definition) is 3. The molecule has 4 nitrogen and oxygen atoms in total. The van der Waals surface area contributed by atoms with E-state index < -0.39 is 0 Å². The Kier molecular flexibility index (Phi) is 3.10. The zero-order chi connectivity index (χ0) is 8.97. The van der Waals surface area contributed by atoms with Crippen molar-refractivity contribution in [1.29, 1.82) is 0 Å². The topological polar surface area (TPSA) is 55.9 Å². The van der Waals surface area contributed by atoms with Crippen molar-refractivity contribution in [1.82, 2.24) is 9.55 Å². The summed E-state index contributed by atoms with van der Waals surface area (Å²) in [5, 5.41) is 3.15. The number of aromatic nitrogens is 2. The van der Waals surface area contributed by atoms with Gasteiger partial charge in [0.05, 0.1) is 0 Å². The molecule has 0 bridgehead atoms. The quantitative estimate of drug-likeness (QED) is 0.700. The van der Waals surface area contributed by atoms with Crippen LogP contribution in [0.3, 0.4) is 0 Å². The first-order valence-corrected chi connectivity index (χ1v) is 4.22. The molecule has 0 fully saturated rings. The summed E-state index contributed by atoms with van der Waals surface area (Å²) in [6.07, 6.45) is 3.75. The average Bonchev–Trinajstić information content (AvgIpc) is 2.48. The highest BCUT2D eigenvalue weighted by molar-refractivity contribution is 5.26. The minimum absolute atomic E-state index is 0.438. The molecule has 1 aromatic heterocycles. The van der Waals surface area contributed by atoms with E-state index in [4.69, 9.17) is 5.73 Å². The molecule has 3 N–H and O–H groups in total. The summed E-state index contributed by atoms with van der Waals surface area (Å²) >= 11 is 0. The molecule has 0 saturated carbocycles. The standard InChI is InChI=1S/C8H16N4/c1-7(2)12-6-5-11-8(12)10-4-3-9/h5-7H,3-4,9H2,1-2H3,(H,10,11). The molecular weight excluding hydrogens is 152 g/mol. The van der Waals surface area contributed by atoms with Crippen molar-refractivity contribution in [2.24, 2.45) is 5.73 Å². The predicted molar refractivity (Wildman–Crippen MR) is 50.2 cm³/mol. The van der Waals surface area contributed by atoms with E-state index in [1.54, 1.807) is 6.20 Å². The fraction of sp³-hybridized carbons (Fsp3) is 0.625. The van der Waals surface area contributed by atoms with Crippen molar-refractivity contribution < 1.29 is 0 Å². The Morgan fingerprint density at radius 3 is 3.00 bits per heavy atom. The summed E-state index contributed by atoms with van der Waals surface area (Å²) in [5.74, 6) is 0.899. The molecule has 0 atom stereocenters. The normalized spacial score (nSPS) is 10.7. The van der Waals surface area contributed by atoms with Gasteiger partial charge in [-0.2, -0.15) is 0 Å². The minimum atomic E-state index is 0.438. The number of nitrogens with zero attached hydrogens (tertiary/aromatic N) is 2. The number of nitrogens with two attached hydrogens (primary N) is 1. The molecule has 1 aromatic rings. The number of rotatable bonds is 4. The van der Waals surface area contributed by atoms with Gasteiger partial charge in [0.15, 0.2) is 0 Å². The van der Waals surface area contributed by atoms with Crippen molar-refractivity contribution in [3.8, 4) is 0 Å². The monoisotopic (exact) mass is 168 g/mol. The van der Waals surface area contributed by atoms with Crippen LogP contribution in [0, 0.1) is 0 Å². The molecule has 0 aliphatic heterocycles. The first kappa shape index (κ1) is 9.06. The van der Waals surface area contributed by atoms with E-state index in [-0.39, 0.29) is 0 Å². The van der Waals surface area contributed by atoms with E-state index in [1.807, 2.05) is 6.20 Å². The molecule has 0 aliphatic rings. The average molecular weight is 168 g/mol. The summed E-state index contributed by atoms with van der Waals surface area (Å²) in [7, 11) is 0. The molecule has 0 amide bonds. The van der Waals surface area contributed by atoms with Crippen LogP contribution in [0.15, 0.2) is 12.4 Å². The largest absolute Gasteiger partial charge is 0.354 e. The van der Waals surface area contributed by atoms with Gasteiger partial charge in [0, 0.05) is 31.5 Å². The Hall–Kier alpha value is -1.03. The maximum Gasteiger partial charge on any atom is 0.203 e. The third kappa shape index (κ3) is 1.98. The van der Waals surface area contributed by atoms with Gasteiger partial charge in [0.2, 0.25) is 5.95 Å². The molecule has 0 saturated heterocycles. The Morgan fingerprint density at radius 2 is 2.42 bits per heavy atom. The third-order valence-corrected chi connectivity index (χ3v) is 1.65. The van der Waals surface area contributed by atoms with Crippen LogP contribution in [0.4, 0.5) is 5.95 Å². The molecule has 4 heteroatoms. The predicted octanol–water partition coefficient (Wildman–Crippen LogP) is 0.835. The molecule has 0 aromatic carbocycles. The fourth-order valence-corrected chi connectivity index (χ4v) is 1.05. The van der Waals surface area contributed by atoms with E-state index in [0.717, 1.165) is 12.5 Å². The van der Waals surface area contributed by atoms with Gasteiger partial charge in [0.25, 0.3) is 0 Å². The number of nitrogens with one attached hydrogen (secondary N) is 1. The lowest BCUT2D eigenvalue weighted by Gasteiger charge is -2.11. The molecular formula is C8H16N4. The second-order valence-corrected chi connectivity index (χ2v) is 2.97. The maximum atomic E-state index is 5.37. The van der Waals surface area contributed by atoms with E-state index >= 15 is 0 Å². The minimum Gasteiger partial charge on any atom is -0.354 e. The van der Waals surface area contributed by atoms with Crippen LogP contribution < -0.4 is 11.1 Å². The van der Waals surface area contributed by atoms with Crippen molar-refractivity contribution >= 4 is 5.95 Å². The molecule has 12 heavy (non-hydrogen) atoms. The second kappa shape index (κ2) is 4.11. The molecule has 68 valence electrons. The first-order valence-electron chi connectivity index (χ1n) is 4.22. The van der Waals surface area contributed by atoms with Gasteiger partial charge < -0.3 is 15.6 Å². The van der Waals surface area contributed by atoms with Crippen molar-refractivity contribution in [2.75, 3.05) is 18.4 Å². The molecule has 1 heterocycles. The van der Waals surface area contributed by atoms with E-state index in [2.05, 4.69) is 28.7 Å². The Morgan fingerprint density at radius 1 is 1.67 bits per heavy atom. The smallest absolute Gasteiger partial charge is 0.203 e. The lowest BCUT2D eigenvalue weighted by atomic mass is 10.4. The van der Waals surface area contributed by atoms with Gasteiger partial charge in [-0.15, -0.1) is 0 Å². The van der Waals surface area contributed by atoms with Crippen LogP contribution in [0.25, 0.3) is 0 Å². The van der Waals surface area contributed by atoms with Gasteiger partial charge in [-0.25, -0.2) is 4.98 Å². The number of anilines is 1. The molecule has 0 radical (unpaired) electrons. The second-order valence-electron chi connectivity index (χ2n) is 2.97. The van der Waals surface area contributed by atoms with Crippen molar-refractivity contribution in [3.63, 3.8) is 0 Å². The van der Waals surface area contributed by atoms with Crippen molar-refractivity contribution in [2.45, 2.75) is 19.9 Å². The fourth-order valence-electron chi connectivity index (χ4n) is 1.05. The Bertz CT molecular complexity index is 229. The first-order chi connectivity index (χ1) is 5.75. The summed E-state index contributed by atoms with van der Waals surface area (Å²) in [5.41, 5.74) is 5.37. The van der Waals surface area contributed by atoms with Gasteiger partial charge in [0.1, 0.15) is 0 Å². The summed E-state index contributed by atoms with van der Waals surface area (Å²) in [6.45, 7) is 5.64. The zero-order valence-corrected chi connectivity index (χ0v) is 7.62. The lowest BCUT2D eigenvalue weighted by molar-refractivity contribution is 0.605. The van der Waals surface area contributed by atoms with Crippen LogP contribution in [0.1, 0.15) is 19.9 Å². The summed E-state index contributed by atoms with van der Waals surface area (Å²) in [4.78, 5) is 4.17. The summed E-state index contributed by atoms with van der Waals surface area (Å²) < 4.78 is 2.08. The molecule has 0 spiro atoms. The Labute approximate surface area is 72.8 Å². The van der Waals surface area contributed by atoms with Crippen LogP contribution in [0.5, 0.6) is 0 Å². The zero-order valence-electron chi connectivity index (χ0n) is 7.62. The van der Waals surface area contributed by atoms with Gasteiger partial charge >= 0.3 is 0 Å². The number of imidazole rings is 1. The van der Waals surface area contributed by atoms with Crippen LogP contribution in [0.2, 0.25) is 0 Å². The molecule has 1 rings (SSSR count). The third-order valence-electron chi connectivity index (χ3n) is 1.65. The van der Waals surface area contributed by atoms with Gasteiger partial charge in [-0.1, -0.05) is 0 Å². The van der Waals surface area contributed by atoms with Gasteiger partial charge in [-0.3, -0.25) is 0 Å². The van der Waals surface area contributed by atoms with E-state index in [1.165, 1.54) is 0 Å². The molecule has 0 aliphatic carbocycles. The lowest BCUT2D eigenvalue weighted by Crippen LogP contribution is -2.16.